The number of amides is 1. The number of ether oxygens (including phenoxy) is 1. The van der Waals surface area contributed by atoms with E-state index in [1.807, 2.05) is 4.90 Å². The molecule has 1 aromatic heterocycles. The maximum absolute atomic E-state index is 12.7. The number of rotatable bonds is 3. The Bertz CT molecular complexity index is 780. The van der Waals surface area contributed by atoms with Crippen molar-refractivity contribution in [1.29, 1.82) is 0 Å². The van der Waals surface area contributed by atoms with Crippen molar-refractivity contribution in [3.63, 3.8) is 0 Å². The van der Waals surface area contributed by atoms with Crippen molar-refractivity contribution in [1.82, 2.24) is 15.1 Å². The summed E-state index contributed by atoms with van der Waals surface area (Å²) in [6.07, 6.45) is 2.28. The summed E-state index contributed by atoms with van der Waals surface area (Å²) < 4.78 is 6.26. The molecule has 0 bridgehead atoms. The number of piperidine rings is 1. The fraction of sp³-hybridized carbons (Fsp3) is 0.550. The molecule has 2 aliphatic rings. The van der Waals surface area contributed by atoms with E-state index in [-0.39, 0.29) is 11.5 Å². The largest absolute Gasteiger partial charge is 0.372 e. The minimum atomic E-state index is -0.244. The standard InChI is InChI=1S/C20H26N4O2S/c1-15-9-16(2)11-17(10-15)12-24-13-20(26-8-3-18(24)25)4-6-23(7-5-20)19-22-21-14-27-19/h9-11,14H,3-8,12-13H2,1-2H3. The molecule has 27 heavy (non-hydrogen) atoms. The lowest BCUT2D eigenvalue weighted by Gasteiger charge is -2.42. The van der Waals surface area contributed by atoms with Crippen LogP contribution in [0.15, 0.2) is 23.7 Å². The van der Waals surface area contributed by atoms with Gasteiger partial charge >= 0.3 is 0 Å². The molecule has 2 aliphatic heterocycles. The zero-order chi connectivity index (χ0) is 18.9. The number of hydrogen-bond acceptors (Lipinski definition) is 6. The minimum absolute atomic E-state index is 0.192. The Hall–Kier alpha value is -1.99. The van der Waals surface area contributed by atoms with Gasteiger partial charge in [0.05, 0.1) is 25.2 Å². The zero-order valence-corrected chi connectivity index (χ0v) is 16.8. The Labute approximate surface area is 164 Å². The fourth-order valence-electron chi connectivity index (χ4n) is 4.23. The third kappa shape index (κ3) is 4.14. The first kappa shape index (κ1) is 18.4. The third-order valence-corrected chi connectivity index (χ3v) is 6.25. The molecule has 1 spiro atoms. The van der Waals surface area contributed by atoms with Gasteiger partial charge in [-0.2, -0.15) is 0 Å². The highest BCUT2D eigenvalue weighted by atomic mass is 32.1. The summed E-state index contributed by atoms with van der Waals surface area (Å²) in [7, 11) is 0. The number of aryl methyl sites for hydroxylation is 2. The van der Waals surface area contributed by atoms with Gasteiger partial charge in [-0.3, -0.25) is 4.79 Å². The second-order valence-electron chi connectivity index (χ2n) is 7.74. The van der Waals surface area contributed by atoms with Crippen molar-refractivity contribution < 1.29 is 9.53 Å². The van der Waals surface area contributed by atoms with Crippen molar-refractivity contribution in [3.8, 4) is 0 Å². The molecule has 0 N–H and O–H groups in total. The summed E-state index contributed by atoms with van der Waals surface area (Å²) in [6.45, 7) is 7.83. The Morgan fingerprint density at radius 1 is 1.19 bits per heavy atom. The summed E-state index contributed by atoms with van der Waals surface area (Å²) in [5, 5.41) is 9.10. The van der Waals surface area contributed by atoms with E-state index < -0.39 is 0 Å². The number of benzene rings is 1. The Morgan fingerprint density at radius 2 is 1.93 bits per heavy atom. The number of carbonyl (C=O) groups is 1. The van der Waals surface area contributed by atoms with Gasteiger partial charge in [-0.1, -0.05) is 40.7 Å². The number of carbonyl (C=O) groups excluding carboxylic acids is 1. The average Bonchev–Trinajstić information content (AvgIpc) is 3.11. The van der Waals surface area contributed by atoms with Crippen LogP contribution in [0.3, 0.4) is 0 Å². The Balaban J connectivity index is 1.47. The predicted octanol–water partition coefficient (Wildman–Crippen LogP) is 2.94. The van der Waals surface area contributed by atoms with Gasteiger partial charge in [-0.15, -0.1) is 10.2 Å². The molecule has 4 rings (SSSR count). The zero-order valence-electron chi connectivity index (χ0n) is 16.0. The molecule has 2 fully saturated rings. The maximum atomic E-state index is 12.7. The van der Waals surface area contributed by atoms with Gasteiger partial charge in [0.25, 0.3) is 0 Å². The van der Waals surface area contributed by atoms with E-state index in [0.717, 1.165) is 31.1 Å². The first-order valence-electron chi connectivity index (χ1n) is 9.53. The summed E-state index contributed by atoms with van der Waals surface area (Å²) in [5.41, 5.74) is 5.20. The maximum Gasteiger partial charge on any atom is 0.225 e. The molecule has 1 aromatic carbocycles. The summed E-state index contributed by atoms with van der Waals surface area (Å²) in [5.74, 6) is 0.192. The molecule has 7 heteroatoms. The second-order valence-corrected chi connectivity index (χ2v) is 8.55. The van der Waals surface area contributed by atoms with Crippen molar-refractivity contribution >= 4 is 22.4 Å². The van der Waals surface area contributed by atoms with Crippen LogP contribution >= 0.6 is 11.3 Å². The smallest absolute Gasteiger partial charge is 0.225 e. The van der Waals surface area contributed by atoms with Crippen molar-refractivity contribution in [2.45, 2.75) is 45.3 Å². The lowest BCUT2D eigenvalue weighted by atomic mass is 9.90. The number of hydrogen-bond donors (Lipinski definition) is 0. The quantitative estimate of drug-likeness (QED) is 0.812. The predicted molar refractivity (Wildman–Crippen MR) is 106 cm³/mol. The molecule has 0 radical (unpaired) electrons. The van der Waals surface area contributed by atoms with Crippen LogP contribution in [0.25, 0.3) is 0 Å². The van der Waals surface area contributed by atoms with Gasteiger partial charge in [0.15, 0.2) is 0 Å². The molecule has 0 aliphatic carbocycles. The molecule has 3 heterocycles. The van der Waals surface area contributed by atoms with Crippen molar-refractivity contribution in [2.24, 2.45) is 0 Å². The first-order chi connectivity index (χ1) is 13.0. The summed E-state index contributed by atoms with van der Waals surface area (Å²) in [6, 6.07) is 6.52. The Kier molecular flexibility index (Phi) is 5.14. The number of anilines is 1. The SMILES string of the molecule is Cc1cc(C)cc(CN2CC3(CCN(c4nncs4)CC3)OCCC2=O)c1. The van der Waals surface area contributed by atoms with Crippen molar-refractivity contribution in [2.75, 3.05) is 31.1 Å². The first-order valence-corrected chi connectivity index (χ1v) is 10.4. The molecule has 2 saturated heterocycles. The van der Waals surface area contributed by atoms with Gasteiger partial charge < -0.3 is 14.5 Å². The van der Waals surface area contributed by atoms with Gasteiger partial charge in [0.2, 0.25) is 11.0 Å². The van der Waals surface area contributed by atoms with Crippen LogP contribution < -0.4 is 4.90 Å². The lowest BCUT2D eigenvalue weighted by molar-refractivity contribution is -0.132. The van der Waals surface area contributed by atoms with Crippen LogP contribution in [0, 0.1) is 13.8 Å². The van der Waals surface area contributed by atoms with E-state index in [4.69, 9.17) is 4.74 Å². The molecule has 1 amide bonds. The highest BCUT2D eigenvalue weighted by Crippen LogP contribution is 2.33. The van der Waals surface area contributed by atoms with Crippen molar-refractivity contribution in [3.05, 3.63) is 40.4 Å². The summed E-state index contributed by atoms with van der Waals surface area (Å²) >= 11 is 1.57. The van der Waals surface area contributed by atoms with Crippen LogP contribution in [0.2, 0.25) is 0 Å². The van der Waals surface area contributed by atoms with Gasteiger partial charge in [0, 0.05) is 19.6 Å². The van der Waals surface area contributed by atoms with Crippen LogP contribution in [0.4, 0.5) is 5.13 Å². The van der Waals surface area contributed by atoms with E-state index in [1.165, 1.54) is 16.7 Å². The molecule has 6 nitrogen and oxygen atoms in total. The molecule has 144 valence electrons. The van der Waals surface area contributed by atoms with Gasteiger partial charge in [0.1, 0.15) is 5.51 Å². The second kappa shape index (κ2) is 7.56. The van der Waals surface area contributed by atoms with E-state index in [9.17, 15) is 4.79 Å². The third-order valence-electron chi connectivity index (χ3n) is 5.50. The molecule has 0 unspecified atom stereocenters. The summed E-state index contributed by atoms with van der Waals surface area (Å²) in [4.78, 5) is 17.0. The van der Waals surface area contributed by atoms with E-state index in [2.05, 4.69) is 47.1 Å². The van der Waals surface area contributed by atoms with E-state index in [0.29, 0.717) is 26.1 Å². The Morgan fingerprint density at radius 3 is 2.59 bits per heavy atom. The minimum Gasteiger partial charge on any atom is -0.372 e. The van der Waals surface area contributed by atoms with E-state index >= 15 is 0 Å². The monoisotopic (exact) mass is 386 g/mol. The van der Waals surface area contributed by atoms with Crippen LogP contribution in [-0.2, 0) is 16.1 Å². The van der Waals surface area contributed by atoms with Crippen LogP contribution in [-0.4, -0.2) is 52.8 Å². The lowest BCUT2D eigenvalue weighted by Crippen LogP contribution is -2.52. The van der Waals surface area contributed by atoms with Crippen LogP contribution in [0.1, 0.15) is 36.0 Å². The number of nitrogens with zero attached hydrogens (tertiary/aromatic N) is 4. The average molecular weight is 387 g/mol. The van der Waals surface area contributed by atoms with Crippen LogP contribution in [0.5, 0.6) is 0 Å². The molecule has 0 atom stereocenters. The van der Waals surface area contributed by atoms with Gasteiger partial charge in [-0.05, 0) is 32.3 Å². The molecule has 0 saturated carbocycles. The topological polar surface area (TPSA) is 58.6 Å². The van der Waals surface area contributed by atoms with Gasteiger partial charge in [-0.25, -0.2) is 0 Å². The molecular weight excluding hydrogens is 360 g/mol. The number of aromatic nitrogens is 2. The fourth-order valence-corrected chi connectivity index (χ4v) is 4.85. The highest BCUT2D eigenvalue weighted by Gasteiger charge is 2.40. The van der Waals surface area contributed by atoms with E-state index in [1.54, 1.807) is 16.8 Å². The molecular formula is C20H26N4O2S. The normalized spacial score (nSPS) is 20.1. The molecule has 2 aromatic rings. The highest BCUT2D eigenvalue weighted by molar-refractivity contribution is 7.13.